The predicted octanol–water partition coefficient (Wildman–Crippen LogP) is 1.11. The average Bonchev–Trinajstić information content (AvgIpc) is 2.47. The number of anilines is 1. The smallest absolute Gasteiger partial charge is 0.340 e. The summed E-state index contributed by atoms with van der Waals surface area (Å²) in [6.45, 7) is 3.09. The van der Waals surface area contributed by atoms with E-state index < -0.39 is 11.9 Å². The fourth-order valence-corrected chi connectivity index (χ4v) is 1.74. The molecular formula is C9H8N2O3S. The van der Waals surface area contributed by atoms with Gasteiger partial charge in [0, 0.05) is 0 Å². The first-order valence-corrected chi connectivity index (χ1v) is 4.77. The van der Waals surface area contributed by atoms with Crippen molar-refractivity contribution in [1.82, 2.24) is 4.37 Å². The maximum atomic E-state index is 11.1. The van der Waals surface area contributed by atoms with Crippen LogP contribution >= 0.6 is 11.5 Å². The first-order valence-electron chi connectivity index (χ1n) is 3.99. The number of hydrogen-bond donors (Lipinski definition) is 2. The van der Waals surface area contributed by atoms with Gasteiger partial charge in [0.05, 0.1) is 5.69 Å². The highest BCUT2D eigenvalue weighted by Crippen LogP contribution is 2.23. The third-order valence-electron chi connectivity index (χ3n) is 1.54. The lowest BCUT2D eigenvalue weighted by atomic mass is 10.2. The molecule has 15 heavy (non-hydrogen) atoms. The molecule has 0 fully saturated rings. The second-order valence-electron chi connectivity index (χ2n) is 2.61. The van der Waals surface area contributed by atoms with Crippen molar-refractivity contribution in [3.63, 3.8) is 0 Å². The summed E-state index contributed by atoms with van der Waals surface area (Å²) in [6, 6.07) is 0. The van der Waals surface area contributed by atoms with Crippen LogP contribution in [0.5, 0.6) is 0 Å². The number of amides is 1. The Balaban J connectivity index is 2.99. The molecule has 6 heteroatoms. The first-order chi connectivity index (χ1) is 7.06. The Bertz CT molecular complexity index is 467. The standard InChI is InChI=1S/C9H8N2O3S/c1-3-4-6(12)10-8-7(9(13)14)5(2)11-15-8/h1-2H3,(H,10,12)(H,13,14). The lowest BCUT2D eigenvalue weighted by Gasteiger charge is -1.97. The van der Waals surface area contributed by atoms with Crippen LogP contribution in [-0.4, -0.2) is 21.4 Å². The van der Waals surface area contributed by atoms with Crippen LogP contribution in [0.2, 0.25) is 0 Å². The summed E-state index contributed by atoms with van der Waals surface area (Å²) in [6.07, 6.45) is 0. The molecule has 1 aromatic heterocycles. The van der Waals surface area contributed by atoms with E-state index in [1.54, 1.807) is 6.92 Å². The molecule has 1 aromatic rings. The van der Waals surface area contributed by atoms with Crippen LogP contribution in [0, 0.1) is 18.8 Å². The summed E-state index contributed by atoms with van der Waals surface area (Å²) < 4.78 is 3.85. The average molecular weight is 224 g/mol. The van der Waals surface area contributed by atoms with Gasteiger partial charge in [-0.15, -0.1) is 0 Å². The van der Waals surface area contributed by atoms with E-state index in [9.17, 15) is 9.59 Å². The van der Waals surface area contributed by atoms with Gasteiger partial charge in [0.1, 0.15) is 10.6 Å². The van der Waals surface area contributed by atoms with Crippen LogP contribution in [-0.2, 0) is 4.79 Å². The minimum atomic E-state index is -1.11. The van der Waals surface area contributed by atoms with Crippen LogP contribution < -0.4 is 5.32 Å². The lowest BCUT2D eigenvalue weighted by Crippen LogP contribution is -2.10. The van der Waals surface area contributed by atoms with Crippen LogP contribution in [0.1, 0.15) is 23.0 Å². The Morgan fingerprint density at radius 2 is 2.20 bits per heavy atom. The van der Waals surface area contributed by atoms with E-state index in [0.29, 0.717) is 5.69 Å². The number of nitrogens with zero attached hydrogens (tertiary/aromatic N) is 1. The number of aromatic carboxylic acids is 1. The minimum Gasteiger partial charge on any atom is -0.478 e. The molecule has 0 aliphatic heterocycles. The van der Waals surface area contributed by atoms with Crippen molar-refractivity contribution in [3.05, 3.63) is 11.3 Å². The number of carboxylic acid groups (broad SMARTS) is 1. The number of rotatable bonds is 2. The van der Waals surface area contributed by atoms with Gasteiger partial charge < -0.3 is 10.4 Å². The molecule has 2 N–H and O–H groups in total. The van der Waals surface area contributed by atoms with E-state index in [4.69, 9.17) is 5.11 Å². The molecule has 0 bridgehead atoms. The second-order valence-corrected chi connectivity index (χ2v) is 3.38. The lowest BCUT2D eigenvalue weighted by molar-refractivity contribution is -0.111. The van der Waals surface area contributed by atoms with Crippen LogP contribution in [0.25, 0.3) is 0 Å². The molecule has 0 spiro atoms. The number of carbonyl (C=O) groups is 2. The van der Waals surface area contributed by atoms with E-state index in [-0.39, 0.29) is 10.6 Å². The van der Waals surface area contributed by atoms with Gasteiger partial charge in [-0.25, -0.2) is 4.79 Å². The number of nitrogens with one attached hydrogen (secondary N) is 1. The molecule has 5 nitrogen and oxygen atoms in total. The van der Waals surface area contributed by atoms with Crippen molar-refractivity contribution in [2.45, 2.75) is 13.8 Å². The monoisotopic (exact) mass is 224 g/mol. The minimum absolute atomic E-state index is 0.0197. The molecule has 0 atom stereocenters. The third kappa shape index (κ3) is 2.54. The zero-order valence-electron chi connectivity index (χ0n) is 8.12. The van der Waals surface area contributed by atoms with E-state index in [1.807, 2.05) is 0 Å². The SMILES string of the molecule is CC#CC(=O)Nc1snc(C)c1C(=O)O. The second kappa shape index (κ2) is 4.57. The quantitative estimate of drug-likeness (QED) is 0.737. The van der Waals surface area contributed by atoms with Crippen LogP contribution in [0.15, 0.2) is 0 Å². The highest BCUT2D eigenvalue weighted by molar-refractivity contribution is 7.11. The largest absolute Gasteiger partial charge is 0.478 e. The predicted molar refractivity (Wildman–Crippen MR) is 55.9 cm³/mol. The van der Waals surface area contributed by atoms with Crippen molar-refractivity contribution >= 4 is 28.4 Å². The molecule has 1 rings (SSSR count). The Labute approximate surface area is 90.3 Å². The number of carboxylic acids is 1. The number of aromatic nitrogens is 1. The Hall–Kier alpha value is -1.87. The number of aryl methyl sites for hydroxylation is 1. The van der Waals surface area contributed by atoms with E-state index >= 15 is 0 Å². The molecule has 0 unspecified atom stereocenters. The highest BCUT2D eigenvalue weighted by Gasteiger charge is 2.18. The van der Waals surface area contributed by atoms with Gasteiger partial charge >= 0.3 is 11.9 Å². The molecule has 1 heterocycles. The van der Waals surface area contributed by atoms with Crippen LogP contribution in [0.3, 0.4) is 0 Å². The maximum absolute atomic E-state index is 11.1. The molecule has 0 aliphatic rings. The molecule has 0 radical (unpaired) electrons. The summed E-state index contributed by atoms with van der Waals surface area (Å²) in [4.78, 5) is 21.9. The third-order valence-corrected chi connectivity index (χ3v) is 2.40. The van der Waals surface area contributed by atoms with Crippen molar-refractivity contribution in [2.24, 2.45) is 0 Å². The van der Waals surface area contributed by atoms with Gasteiger partial charge in [-0.1, -0.05) is 5.92 Å². The Morgan fingerprint density at radius 1 is 1.53 bits per heavy atom. The van der Waals surface area contributed by atoms with Crippen molar-refractivity contribution in [2.75, 3.05) is 5.32 Å². The zero-order chi connectivity index (χ0) is 11.4. The topological polar surface area (TPSA) is 79.3 Å². The normalized spacial score (nSPS) is 8.93. The number of carbonyl (C=O) groups excluding carboxylic acids is 1. The van der Waals surface area contributed by atoms with Crippen molar-refractivity contribution in [1.29, 1.82) is 0 Å². The Morgan fingerprint density at radius 3 is 2.73 bits per heavy atom. The van der Waals surface area contributed by atoms with Crippen molar-refractivity contribution < 1.29 is 14.7 Å². The summed E-state index contributed by atoms with van der Waals surface area (Å²) in [7, 11) is 0. The first kappa shape index (κ1) is 11.2. The van der Waals surface area contributed by atoms with Crippen LogP contribution in [0.4, 0.5) is 5.00 Å². The zero-order valence-corrected chi connectivity index (χ0v) is 8.94. The maximum Gasteiger partial charge on any atom is 0.340 e. The summed E-state index contributed by atoms with van der Waals surface area (Å²) in [5.74, 6) is 3.02. The van der Waals surface area contributed by atoms with Gasteiger partial charge in [0.15, 0.2) is 0 Å². The molecule has 0 aromatic carbocycles. The summed E-state index contributed by atoms with van der Waals surface area (Å²) in [5.41, 5.74) is 0.401. The fraction of sp³-hybridized carbons (Fsp3) is 0.222. The molecule has 0 aliphatic carbocycles. The van der Waals surface area contributed by atoms with E-state index in [1.165, 1.54) is 6.92 Å². The van der Waals surface area contributed by atoms with Gasteiger partial charge in [0.2, 0.25) is 0 Å². The highest BCUT2D eigenvalue weighted by atomic mass is 32.1. The van der Waals surface area contributed by atoms with Gasteiger partial charge in [-0.2, -0.15) is 4.37 Å². The molecular weight excluding hydrogens is 216 g/mol. The summed E-state index contributed by atoms with van der Waals surface area (Å²) >= 11 is 0.928. The number of hydrogen-bond acceptors (Lipinski definition) is 4. The van der Waals surface area contributed by atoms with Gasteiger partial charge in [0.25, 0.3) is 0 Å². The van der Waals surface area contributed by atoms with Crippen molar-refractivity contribution in [3.8, 4) is 11.8 Å². The molecule has 1 amide bonds. The van der Waals surface area contributed by atoms with Gasteiger partial charge in [-0.05, 0) is 31.3 Å². The molecule has 78 valence electrons. The van der Waals surface area contributed by atoms with E-state index in [2.05, 4.69) is 21.5 Å². The van der Waals surface area contributed by atoms with E-state index in [0.717, 1.165) is 11.5 Å². The molecule has 0 saturated carbocycles. The molecule has 0 saturated heterocycles. The Kier molecular flexibility index (Phi) is 3.42. The summed E-state index contributed by atoms with van der Waals surface area (Å²) in [5, 5.41) is 11.4. The van der Waals surface area contributed by atoms with Gasteiger partial charge in [-0.3, -0.25) is 4.79 Å². The fourth-order valence-electron chi connectivity index (χ4n) is 0.955.